The first-order valence-electron chi connectivity index (χ1n) is 8.78. The maximum atomic E-state index is 13.0. The highest BCUT2D eigenvalue weighted by Crippen LogP contribution is 2.46. The molecule has 1 saturated heterocycles. The number of aromatic hydroxyl groups is 1. The number of phenols is 1. The van der Waals surface area contributed by atoms with E-state index < -0.39 is 17.7 Å². The number of anilines is 1. The average Bonchev–Trinajstić information content (AvgIpc) is 3.31. The highest BCUT2D eigenvalue weighted by Gasteiger charge is 2.48. The van der Waals surface area contributed by atoms with Gasteiger partial charge in [0, 0.05) is 15.5 Å². The van der Waals surface area contributed by atoms with Crippen molar-refractivity contribution in [1.29, 1.82) is 0 Å². The Morgan fingerprint density at radius 1 is 1.10 bits per heavy atom. The van der Waals surface area contributed by atoms with Crippen molar-refractivity contribution in [2.45, 2.75) is 13.0 Å². The van der Waals surface area contributed by atoms with Crippen LogP contribution >= 0.6 is 22.9 Å². The molecule has 0 bridgehead atoms. The molecule has 1 aromatic heterocycles. The molecule has 2 heterocycles. The van der Waals surface area contributed by atoms with Crippen molar-refractivity contribution in [3.63, 3.8) is 0 Å². The van der Waals surface area contributed by atoms with E-state index in [-0.39, 0.29) is 22.8 Å². The minimum absolute atomic E-state index is 0.0411. The number of thiophene rings is 1. The smallest absolute Gasteiger partial charge is 0.300 e. The Labute approximate surface area is 176 Å². The summed E-state index contributed by atoms with van der Waals surface area (Å²) in [5, 5.41) is 23.6. The SMILES string of the molecule is Cc1ccc(O)c(N2C(=O)C(=O)/C(=C(\O)c3cccc(Cl)c3)C2c2cccs2)c1. The Morgan fingerprint density at radius 2 is 1.90 bits per heavy atom. The Hall–Kier alpha value is -3.09. The molecule has 5 nitrogen and oxygen atoms in total. The molecule has 1 amide bonds. The van der Waals surface area contributed by atoms with E-state index in [4.69, 9.17) is 11.6 Å². The van der Waals surface area contributed by atoms with E-state index >= 15 is 0 Å². The van der Waals surface area contributed by atoms with E-state index in [1.807, 2.05) is 12.3 Å². The molecule has 1 aliphatic rings. The highest BCUT2D eigenvalue weighted by atomic mass is 35.5. The zero-order chi connectivity index (χ0) is 20.7. The number of phenolic OH excluding ortho intramolecular Hbond substituents is 1. The van der Waals surface area contributed by atoms with E-state index in [1.165, 1.54) is 28.4 Å². The second kappa shape index (κ2) is 7.39. The summed E-state index contributed by atoms with van der Waals surface area (Å²) in [5.74, 6) is -2.06. The molecule has 146 valence electrons. The molecular weight excluding hydrogens is 410 g/mol. The molecule has 1 unspecified atom stereocenters. The van der Waals surface area contributed by atoms with Crippen LogP contribution in [0.15, 0.2) is 65.6 Å². The highest BCUT2D eigenvalue weighted by molar-refractivity contribution is 7.10. The van der Waals surface area contributed by atoms with Crippen LogP contribution in [0.1, 0.15) is 22.0 Å². The van der Waals surface area contributed by atoms with Gasteiger partial charge in [0.05, 0.1) is 11.3 Å². The zero-order valence-corrected chi connectivity index (χ0v) is 16.9. The van der Waals surface area contributed by atoms with Crippen molar-refractivity contribution in [2.75, 3.05) is 4.90 Å². The number of aryl methyl sites for hydroxylation is 1. The maximum Gasteiger partial charge on any atom is 0.300 e. The number of nitrogens with zero attached hydrogens (tertiary/aromatic N) is 1. The number of benzene rings is 2. The monoisotopic (exact) mass is 425 g/mol. The zero-order valence-electron chi connectivity index (χ0n) is 15.3. The summed E-state index contributed by atoms with van der Waals surface area (Å²) in [7, 11) is 0. The van der Waals surface area contributed by atoms with Crippen molar-refractivity contribution >= 4 is 46.1 Å². The summed E-state index contributed by atoms with van der Waals surface area (Å²) in [4.78, 5) is 27.9. The third-order valence-electron chi connectivity index (χ3n) is 4.75. The van der Waals surface area contributed by atoms with Crippen LogP contribution < -0.4 is 4.90 Å². The fraction of sp³-hybridized carbons (Fsp3) is 0.0909. The number of carbonyl (C=O) groups is 2. The van der Waals surface area contributed by atoms with Gasteiger partial charge in [0.25, 0.3) is 11.7 Å². The maximum absolute atomic E-state index is 13.0. The normalized spacial score (nSPS) is 18.4. The number of ketones is 1. The molecule has 0 spiro atoms. The number of rotatable bonds is 3. The standard InChI is InChI=1S/C22H16ClNO4S/c1-12-7-8-16(25)15(10-12)24-19(17-6-3-9-29-17)18(21(27)22(24)28)20(26)13-4-2-5-14(23)11-13/h2-11,19,25-26H,1H3/b20-18-. The lowest BCUT2D eigenvalue weighted by molar-refractivity contribution is -0.132. The Morgan fingerprint density at radius 3 is 2.59 bits per heavy atom. The van der Waals surface area contributed by atoms with E-state index in [1.54, 1.807) is 42.5 Å². The lowest BCUT2D eigenvalue weighted by Gasteiger charge is -2.25. The van der Waals surface area contributed by atoms with E-state index in [9.17, 15) is 19.8 Å². The number of aliphatic hydroxyl groups excluding tert-OH is 1. The van der Waals surface area contributed by atoms with Gasteiger partial charge in [-0.2, -0.15) is 0 Å². The van der Waals surface area contributed by atoms with Crippen LogP contribution in [0.5, 0.6) is 5.75 Å². The third-order valence-corrected chi connectivity index (χ3v) is 5.91. The van der Waals surface area contributed by atoms with Gasteiger partial charge in [-0.25, -0.2) is 0 Å². The second-order valence-electron chi connectivity index (χ2n) is 6.69. The van der Waals surface area contributed by atoms with Crippen molar-refractivity contribution in [1.82, 2.24) is 0 Å². The number of carbonyl (C=O) groups excluding carboxylic acids is 2. The van der Waals surface area contributed by atoms with Crippen LogP contribution in [0, 0.1) is 6.92 Å². The first kappa shape index (κ1) is 19.2. The predicted molar refractivity (Wildman–Crippen MR) is 113 cm³/mol. The first-order chi connectivity index (χ1) is 13.9. The fourth-order valence-electron chi connectivity index (χ4n) is 3.41. The number of hydrogen-bond acceptors (Lipinski definition) is 5. The molecule has 2 aromatic carbocycles. The van der Waals surface area contributed by atoms with Crippen LogP contribution in [0.3, 0.4) is 0 Å². The topological polar surface area (TPSA) is 77.8 Å². The summed E-state index contributed by atoms with van der Waals surface area (Å²) >= 11 is 7.39. The van der Waals surface area contributed by atoms with Crippen molar-refractivity contribution in [3.05, 3.63) is 86.6 Å². The molecule has 1 aliphatic heterocycles. The van der Waals surface area contributed by atoms with Crippen LogP contribution in [-0.2, 0) is 9.59 Å². The molecule has 0 radical (unpaired) electrons. The van der Waals surface area contributed by atoms with E-state index in [2.05, 4.69) is 0 Å². The number of halogens is 1. The first-order valence-corrected chi connectivity index (χ1v) is 10.0. The van der Waals surface area contributed by atoms with Gasteiger partial charge in [-0.3, -0.25) is 14.5 Å². The molecule has 4 rings (SSSR count). The third kappa shape index (κ3) is 3.30. The number of hydrogen-bond donors (Lipinski definition) is 2. The summed E-state index contributed by atoms with van der Waals surface area (Å²) in [5.41, 5.74) is 1.33. The summed E-state index contributed by atoms with van der Waals surface area (Å²) < 4.78 is 0. The van der Waals surface area contributed by atoms with Gasteiger partial charge in [-0.05, 0) is 48.2 Å². The molecule has 29 heavy (non-hydrogen) atoms. The van der Waals surface area contributed by atoms with E-state index in [0.29, 0.717) is 15.5 Å². The fourth-order valence-corrected chi connectivity index (χ4v) is 4.43. The van der Waals surface area contributed by atoms with Gasteiger partial charge in [-0.1, -0.05) is 35.9 Å². The molecule has 1 atom stereocenters. The summed E-state index contributed by atoms with van der Waals surface area (Å²) in [6, 6.07) is 14.0. The second-order valence-corrected chi connectivity index (χ2v) is 8.10. The largest absolute Gasteiger partial charge is 0.507 e. The number of amides is 1. The number of Topliss-reactive ketones (excluding diaryl/α,β-unsaturated/α-hetero) is 1. The minimum Gasteiger partial charge on any atom is -0.507 e. The van der Waals surface area contributed by atoms with Gasteiger partial charge in [-0.15, -0.1) is 11.3 Å². The number of aliphatic hydroxyl groups is 1. The average molecular weight is 426 g/mol. The van der Waals surface area contributed by atoms with Crippen LogP contribution in [0.4, 0.5) is 5.69 Å². The van der Waals surface area contributed by atoms with Gasteiger partial charge < -0.3 is 10.2 Å². The van der Waals surface area contributed by atoms with Crippen molar-refractivity contribution in [2.24, 2.45) is 0 Å². The molecular formula is C22H16ClNO4S. The van der Waals surface area contributed by atoms with Crippen LogP contribution in [0.2, 0.25) is 5.02 Å². The lowest BCUT2D eigenvalue weighted by Crippen LogP contribution is -2.29. The summed E-state index contributed by atoms with van der Waals surface area (Å²) in [6.45, 7) is 1.83. The van der Waals surface area contributed by atoms with E-state index in [0.717, 1.165) is 5.56 Å². The predicted octanol–water partition coefficient (Wildman–Crippen LogP) is 5.04. The molecule has 0 saturated carbocycles. The van der Waals surface area contributed by atoms with Gasteiger partial charge in [0.2, 0.25) is 0 Å². The molecule has 2 N–H and O–H groups in total. The Kier molecular flexibility index (Phi) is 4.90. The van der Waals surface area contributed by atoms with Crippen LogP contribution in [0.25, 0.3) is 5.76 Å². The molecule has 7 heteroatoms. The quantitative estimate of drug-likeness (QED) is 0.350. The molecule has 0 aliphatic carbocycles. The molecule has 1 fully saturated rings. The van der Waals surface area contributed by atoms with Crippen LogP contribution in [-0.4, -0.2) is 21.9 Å². The van der Waals surface area contributed by atoms with Crippen molar-refractivity contribution in [3.8, 4) is 5.75 Å². The minimum atomic E-state index is -0.860. The van der Waals surface area contributed by atoms with Crippen molar-refractivity contribution < 1.29 is 19.8 Å². The summed E-state index contributed by atoms with van der Waals surface area (Å²) in [6.07, 6.45) is 0. The van der Waals surface area contributed by atoms with Gasteiger partial charge in [0.1, 0.15) is 17.6 Å². The van der Waals surface area contributed by atoms with Gasteiger partial charge in [0.15, 0.2) is 0 Å². The van der Waals surface area contributed by atoms with Gasteiger partial charge >= 0.3 is 0 Å². The Bertz CT molecular complexity index is 1150. The molecule has 3 aromatic rings. The Balaban J connectivity index is 1.97. The lowest BCUT2D eigenvalue weighted by atomic mass is 9.99.